The molecule has 0 aromatic heterocycles. The van der Waals surface area contributed by atoms with Crippen molar-refractivity contribution in [1.82, 2.24) is 0 Å². The van der Waals surface area contributed by atoms with Gasteiger partial charge in [-0.3, -0.25) is 0 Å². The average Bonchev–Trinajstić information content (AvgIpc) is 1.79. The van der Waals surface area contributed by atoms with Gasteiger partial charge in [0.25, 0.3) is 0 Å². The summed E-state index contributed by atoms with van der Waals surface area (Å²) in [5.41, 5.74) is 12.2. The standard InChI is InChI=1S/C10H25N2P/c1-7(6-10(5,12)13)8(11)9(2,3)4/h7-8H,6,11-13H2,1-5H3. The molecule has 4 unspecified atom stereocenters. The van der Waals surface area contributed by atoms with Crippen LogP contribution in [0.3, 0.4) is 0 Å². The predicted molar refractivity (Wildman–Crippen MR) is 63.5 cm³/mol. The van der Waals surface area contributed by atoms with E-state index in [0.717, 1.165) is 6.42 Å². The molecule has 0 aromatic carbocycles. The van der Waals surface area contributed by atoms with Gasteiger partial charge in [-0.2, -0.15) is 0 Å². The number of hydrogen-bond acceptors (Lipinski definition) is 2. The normalized spacial score (nSPS) is 22.2. The highest BCUT2D eigenvalue weighted by Gasteiger charge is 2.28. The third-order valence-electron chi connectivity index (χ3n) is 2.37. The van der Waals surface area contributed by atoms with Crippen LogP contribution in [0, 0.1) is 11.3 Å². The van der Waals surface area contributed by atoms with Crippen LogP contribution in [0.5, 0.6) is 0 Å². The third-order valence-corrected chi connectivity index (χ3v) is 2.61. The first-order chi connectivity index (χ1) is 5.54. The number of rotatable bonds is 3. The molecule has 0 aliphatic heterocycles. The Morgan fingerprint density at radius 3 is 1.85 bits per heavy atom. The van der Waals surface area contributed by atoms with E-state index in [2.05, 4.69) is 36.9 Å². The minimum atomic E-state index is -0.192. The molecule has 0 spiro atoms. The fraction of sp³-hybridized carbons (Fsp3) is 1.00. The molecular weight excluding hydrogens is 179 g/mol. The van der Waals surface area contributed by atoms with E-state index < -0.39 is 0 Å². The van der Waals surface area contributed by atoms with Gasteiger partial charge in [-0.25, -0.2) is 0 Å². The van der Waals surface area contributed by atoms with Crippen LogP contribution >= 0.6 is 9.24 Å². The minimum Gasteiger partial charge on any atom is -0.327 e. The van der Waals surface area contributed by atoms with Crippen molar-refractivity contribution >= 4 is 9.24 Å². The smallest absolute Gasteiger partial charge is 0.0272 e. The van der Waals surface area contributed by atoms with E-state index in [1.54, 1.807) is 0 Å². The van der Waals surface area contributed by atoms with Gasteiger partial charge in [-0.15, -0.1) is 9.24 Å². The average molecular weight is 204 g/mol. The van der Waals surface area contributed by atoms with Crippen molar-refractivity contribution in [2.75, 3.05) is 0 Å². The lowest BCUT2D eigenvalue weighted by Gasteiger charge is -2.35. The third kappa shape index (κ3) is 5.61. The van der Waals surface area contributed by atoms with E-state index >= 15 is 0 Å². The Morgan fingerprint density at radius 1 is 1.23 bits per heavy atom. The molecule has 0 radical (unpaired) electrons. The van der Waals surface area contributed by atoms with Gasteiger partial charge in [0.05, 0.1) is 0 Å². The molecular formula is C10H25N2P. The predicted octanol–water partition coefficient (Wildman–Crippen LogP) is 1.94. The lowest BCUT2D eigenvalue weighted by Crippen LogP contribution is -2.44. The lowest BCUT2D eigenvalue weighted by molar-refractivity contribution is 0.229. The van der Waals surface area contributed by atoms with Gasteiger partial charge in [0.1, 0.15) is 0 Å². The van der Waals surface area contributed by atoms with E-state index in [-0.39, 0.29) is 16.7 Å². The molecule has 0 heterocycles. The van der Waals surface area contributed by atoms with E-state index in [1.165, 1.54) is 0 Å². The van der Waals surface area contributed by atoms with Crippen LogP contribution in [0.4, 0.5) is 0 Å². The van der Waals surface area contributed by atoms with Gasteiger partial charge in [0, 0.05) is 11.3 Å². The SMILES string of the molecule is CC(CC(C)(N)P)C(N)C(C)(C)C. The summed E-state index contributed by atoms with van der Waals surface area (Å²) in [4.78, 5) is 0. The zero-order valence-corrected chi connectivity index (χ0v) is 10.7. The summed E-state index contributed by atoms with van der Waals surface area (Å²) in [6.07, 6.45) is 0.941. The van der Waals surface area contributed by atoms with Crippen molar-refractivity contribution < 1.29 is 0 Å². The van der Waals surface area contributed by atoms with Crippen molar-refractivity contribution in [3.05, 3.63) is 0 Å². The lowest BCUT2D eigenvalue weighted by atomic mass is 9.78. The fourth-order valence-electron chi connectivity index (χ4n) is 1.67. The topological polar surface area (TPSA) is 52.0 Å². The largest absolute Gasteiger partial charge is 0.327 e. The summed E-state index contributed by atoms with van der Waals surface area (Å²) in [6.45, 7) is 10.7. The summed E-state index contributed by atoms with van der Waals surface area (Å²) in [5.74, 6) is 0.451. The molecule has 0 saturated heterocycles. The van der Waals surface area contributed by atoms with Crippen molar-refractivity contribution in [2.45, 2.75) is 52.4 Å². The molecule has 0 aliphatic carbocycles. The number of nitrogens with two attached hydrogens (primary N) is 2. The first kappa shape index (κ1) is 13.4. The maximum atomic E-state index is 6.14. The van der Waals surface area contributed by atoms with E-state index in [0.29, 0.717) is 5.92 Å². The molecule has 0 bridgehead atoms. The monoisotopic (exact) mass is 204 g/mol. The molecule has 0 saturated carbocycles. The van der Waals surface area contributed by atoms with E-state index in [9.17, 15) is 0 Å². The summed E-state index contributed by atoms with van der Waals surface area (Å²) in [5, 5.41) is -0.192. The van der Waals surface area contributed by atoms with Gasteiger partial charge in [0.2, 0.25) is 0 Å². The van der Waals surface area contributed by atoms with Crippen LogP contribution in [-0.4, -0.2) is 11.3 Å². The van der Waals surface area contributed by atoms with Crippen molar-refractivity contribution in [3.8, 4) is 0 Å². The molecule has 4 N–H and O–H groups in total. The van der Waals surface area contributed by atoms with E-state index in [1.807, 2.05) is 6.92 Å². The minimum absolute atomic E-state index is 0.162. The summed E-state index contributed by atoms with van der Waals surface area (Å²) < 4.78 is 0. The highest BCUT2D eigenvalue weighted by Crippen LogP contribution is 2.29. The van der Waals surface area contributed by atoms with Gasteiger partial charge < -0.3 is 11.5 Å². The molecule has 3 heteroatoms. The molecule has 4 atom stereocenters. The van der Waals surface area contributed by atoms with Crippen molar-refractivity contribution in [2.24, 2.45) is 22.8 Å². The second-order valence-electron chi connectivity index (χ2n) is 5.58. The van der Waals surface area contributed by atoms with Gasteiger partial charge in [-0.1, -0.05) is 27.7 Å². The zero-order valence-electron chi connectivity index (χ0n) is 9.59. The van der Waals surface area contributed by atoms with Crippen LogP contribution in [0.1, 0.15) is 41.0 Å². The van der Waals surface area contributed by atoms with Gasteiger partial charge >= 0.3 is 0 Å². The second-order valence-corrected chi connectivity index (χ2v) is 6.90. The van der Waals surface area contributed by atoms with Crippen molar-refractivity contribution in [1.29, 1.82) is 0 Å². The highest BCUT2D eigenvalue weighted by molar-refractivity contribution is 7.18. The molecule has 0 amide bonds. The Kier molecular flexibility index (Phi) is 4.36. The quantitative estimate of drug-likeness (QED) is 0.690. The molecule has 13 heavy (non-hydrogen) atoms. The molecule has 2 nitrogen and oxygen atoms in total. The van der Waals surface area contributed by atoms with E-state index in [4.69, 9.17) is 11.5 Å². The molecule has 0 fully saturated rings. The maximum Gasteiger partial charge on any atom is 0.0272 e. The molecule has 0 aliphatic rings. The van der Waals surface area contributed by atoms with Crippen LogP contribution in [0.15, 0.2) is 0 Å². The first-order valence-electron chi connectivity index (χ1n) is 4.87. The molecule has 0 rings (SSSR count). The fourth-order valence-corrected chi connectivity index (χ4v) is 2.05. The molecule has 0 aromatic rings. The summed E-state index contributed by atoms with van der Waals surface area (Å²) in [7, 11) is 2.67. The maximum absolute atomic E-state index is 6.14. The van der Waals surface area contributed by atoms with Crippen LogP contribution in [0.25, 0.3) is 0 Å². The van der Waals surface area contributed by atoms with Crippen LogP contribution < -0.4 is 11.5 Å². The van der Waals surface area contributed by atoms with Gasteiger partial charge in [0.15, 0.2) is 0 Å². The summed E-state index contributed by atoms with van der Waals surface area (Å²) >= 11 is 0. The molecule has 80 valence electrons. The van der Waals surface area contributed by atoms with Crippen molar-refractivity contribution in [3.63, 3.8) is 0 Å². The Hall–Kier alpha value is 0.350. The highest BCUT2D eigenvalue weighted by atomic mass is 31.0. The Morgan fingerprint density at radius 2 is 1.62 bits per heavy atom. The van der Waals surface area contributed by atoms with Crippen LogP contribution in [0.2, 0.25) is 0 Å². The van der Waals surface area contributed by atoms with Crippen LogP contribution in [-0.2, 0) is 0 Å². The first-order valence-corrected chi connectivity index (χ1v) is 5.45. The number of hydrogen-bond donors (Lipinski definition) is 2. The Labute approximate surface area is 85.0 Å². The summed E-state index contributed by atoms with van der Waals surface area (Å²) in [6, 6.07) is 0.205. The Balaban J connectivity index is 4.20. The Bertz CT molecular complexity index is 155. The zero-order chi connectivity index (χ0) is 10.9. The van der Waals surface area contributed by atoms with Gasteiger partial charge in [-0.05, 0) is 24.7 Å². The second kappa shape index (κ2) is 4.25.